The highest BCUT2D eigenvalue weighted by Gasteiger charge is 2.20. The Labute approximate surface area is 114 Å². The lowest BCUT2D eigenvalue weighted by Crippen LogP contribution is -2.03. The van der Waals surface area contributed by atoms with Crippen LogP contribution in [0.15, 0.2) is 34.9 Å². The van der Waals surface area contributed by atoms with Crippen molar-refractivity contribution < 1.29 is 8.78 Å². The van der Waals surface area contributed by atoms with E-state index < -0.39 is 6.43 Å². The highest BCUT2D eigenvalue weighted by molar-refractivity contribution is 9.10. The number of benzene rings is 1. The van der Waals surface area contributed by atoms with Crippen LogP contribution in [0, 0.1) is 0 Å². The molecule has 0 amide bonds. The molecule has 0 radical (unpaired) electrons. The molecule has 0 bridgehead atoms. The zero-order chi connectivity index (χ0) is 12.4. The monoisotopic (exact) mass is 364 g/mol. The highest BCUT2D eigenvalue weighted by atomic mass is 79.9. The third kappa shape index (κ3) is 2.57. The van der Waals surface area contributed by atoms with Gasteiger partial charge in [-0.25, -0.2) is 13.5 Å². The minimum atomic E-state index is -2.55. The first-order chi connectivity index (χ1) is 8.13. The molecule has 1 aromatic carbocycles. The second-order valence-corrected chi connectivity index (χ2v) is 4.85. The number of aromatic nitrogens is 2. The zero-order valence-corrected chi connectivity index (χ0v) is 11.7. The summed E-state index contributed by atoms with van der Waals surface area (Å²) in [5, 5.41) is 4.36. The summed E-state index contributed by atoms with van der Waals surface area (Å²) in [6.07, 6.45) is -1.09. The quantitative estimate of drug-likeness (QED) is 0.734. The predicted octanol–water partition coefficient (Wildman–Crippen LogP) is 4.47. The Bertz CT molecular complexity index is 509. The van der Waals surface area contributed by atoms with E-state index >= 15 is 0 Å². The molecule has 2 nitrogen and oxygen atoms in total. The molecule has 0 N–H and O–H groups in total. The van der Waals surface area contributed by atoms with Gasteiger partial charge in [0, 0.05) is 15.4 Å². The Morgan fingerprint density at radius 1 is 1.24 bits per heavy atom. The van der Waals surface area contributed by atoms with Crippen molar-refractivity contribution in [2.24, 2.45) is 0 Å². The molecule has 2 aromatic rings. The van der Waals surface area contributed by atoms with Crippen LogP contribution in [0.5, 0.6) is 0 Å². The lowest BCUT2D eigenvalue weighted by Gasteiger charge is -2.08. The highest BCUT2D eigenvalue weighted by Crippen LogP contribution is 2.27. The van der Waals surface area contributed by atoms with Crippen molar-refractivity contribution in [3.8, 4) is 5.69 Å². The molecule has 0 spiro atoms. The van der Waals surface area contributed by atoms with Crippen LogP contribution in [0.25, 0.3) is 5.69 Å². The summed E-state index contributed by atoms with van der Waals surface area (Å²) >= 11 is 6.48. The largest absolute Gasteiger partial charge is 0.280 e. The summed E-state index contributed by atoms with van der Waals surface area (Å²) in [4.78, 5) is 0. The molecular weight excluding hydrogens is 358 g/mol. The van der Waals surface area contributed by atoms with Crippen LogP contribution in [0.2, 0.25) is 0 Å². The van der Waals surface area contributed by atoms with E-state index in [1.165, 1.54) is 10.9 Å². The molecule has 2 rings (SSSR count). The van der Waals surface area contributed by atoms with Gasteiger partial charge in [0.2, 0.25) is 0 Å². The number of nitrogens with zero attached hydrogens (tertiary/aromatic N) is 2. The molecule has 1 heterocycles. The summed E-state index contributed by atoms with van der Waals surface area (Å²) in [5.74, 6) is 0. The van der Waals surface area contributed by atoms with E-state index in [9.17, 15) is 8.78 Å². The van der Waals surface area contributed by atoms with E-state index in [4.69, 9.17) is 0 Å². The zero-order valence-electron chi connectivity index (χ0n) is 8.58. The van der Waals surface area contributed by atoms with Gasteiger partial charge in [0.25, 0.3) is 6.43 Å². The smallest absolute Gasteiger partial charge is 0.232 e. The maximum atomic E-state index is 13.0. The van der Waals surface area contributed by atoms with Crippen molar-refractivity contribution in [2.75, 3.05) is 0 Å². The molecule has 0 saturated heterocycles. The Balaban J connectivity index is 2.51. The fourth-order valence-electron chi connectivity index (χ4n) is 1.52. The van der Waals surface area contributed by atoms with Gasteiger partial charge in [-0.1, -0.05) is 31.9 Å². The van der Waals surface area contributed by atoms with Crippen molar-refractivity contribution in [1.82, 2.24) is 9.78 Å². The van der Waals surface area contributed by atoms with Crippen molar-refractivity contribution >= 4 is 31.9 Å². The van der Waals surface area contributed by atoms with E-state index in [2.05, 4.69) is 37.0 Å². The van der Waals surface area contributed by atoms with Gasteiger partial charge in [-0.05, 0) is 24.3 Å². The summed E-state index contributed by atoms with van der Waals surface area (Å²) in [6.45, 7) is 0. The van der Waals surface area contributed by atoms with E-state index in [1.807, 2.05) is 0 Å². The number of rotatable bonds is 3. The number of hydrogen-bond donors (Lipinski definition) is 0. The maximum Gasteiger partial charge on any atom is 0.280 e. The third-order valence-corrected chi connectivity index (χ3v) is 3.44. The van der Waals surface area contributed by atoms with Gasteiger partial charge in [0.05, 0.1) is 11.9 Å². The van der Waals surface area contributed by atoms with Gasteiger partial charge < -0.3 is 0 Å². The van der Waals surface area contributed by atoms with Crippen molar-refractivity contribution in [1.29, 1.82) is 0 Å². The summed E-state index contributed by atoms with van der Waals surface area (Å²) < 4.78 is 28.1. The minimum Gasteiger partial charge on any atom is -0.232 e. The first kappa shape index (κ1) is 12.7. The van der Waals surface area contributed by atoms with Gasteiger partial charge in [0.15, 0.2) is 0 Å². The molecular formula is C11H8Br2F2N2. The average molecular weight is 366 g/mol. The molecule has 0 aliphatic heterocycles. The Hall–Kier alpha value is -0.750. The molecule has 0 unspecified atom stereocenters. The fourth-order valence-corrected chi connectivity index (χ4v) is 2.21. The van der Waals surface area contributed by atoms with Crippen LogP contribution >= 0.6 is 31.9 Å². The Morgan fingerprint density at radius 3 is 2.41 bits per heavy atom. The van der Waals surface area contributed by atoms with Crippen molar-refractivity contribution in [3.05, 3.63) is 46.2 Å². The first-order valence-electron chi connectivity index (χ1n) is 4.80. The molecule has 0 aliphatic rings. The normalized spacial score (nSPS) is 11.1. The first-order valence-corrected chi connectivity index (χ1v) is 6.71. The van der Waals surface area contributed by atoms with Crippen LogP contribution in [-0.2, 0) is 5.33 Å². The SMILES string of the molecule is FC(F)c1c(CBr)cnn1-c1ccc(Br)cc1. The van der Waals surface area contributed by atoms with Crippen LogP contribution in [-0.4, -0.2) is 9.78 Å². The Morgan fingerprint density at radius 2 is 1.88 bits per heavy atom. The summed E-state index contributed by atoms with van der Waals surface area (Å²) in [7, 11) is 0. The van der Waals surface area contributed by atoms with Gasteiger partial charge in [0.1, 0.15) is 5.69 Å². The van der Waals surface area contributed by atoms with E-state index in [0.717, 1.165) is 4.47 Å². The third-order valence-electron chi connectivity index (χ3n) is 2.31. The second kappa shape index (κ2) is 5.27. The van der Waals surface area contributed by atoms with E-state index in [0.29, 0.717) is 16.6 Å². The molecule has 90 valence electrons. The molecule has 0 fully saturated rings. The molecule has 17 heavy (non-hydrogen) atoms. The molecule has 0 saturated carbocycles. The van der Waals surface area contributed by atoms with Crippen LogP contribution in [0.4, 0.5) is 8.78 Å². The van der Waals surface area contributed by atoms with Crippen LogP contribution in [0.1, 0.15) is 17.7 Å². The average Bonchev–Trinajstić information content (AvgIpc) is 2.73. The van der Waals surface area contributed by atoms with Crippen LogP contribution < -0.4 is 0 Å². The lowest BCUT2D eigenvalue weighted by molar-refractivity contribution is 0.142. The van der Waals surface area contributed by atoms with Gasteiger partial charge in [-0.3, -0.25) is 0 Å². The predicted molar refractivity (Wildman–Crippen MR) is 68.9 cm³/mol. The molecule has 1 aromatic heterocycles. The number of halogens is 4. The standard InChI is InChI=1S/C11H8Br2F2N2/c12-5-7-6-16-17(10(7)11(14)15)9-3-1-8(13)2-4-9/h1-4,6,11H,5H2. The lowest BCUT2D eigenvalue weighted by atomic mass is 10.2. The second-order valence-electron chi connectivity index (χ2n) is 3.38. The van der Waals surface area contributed by atoms with E-state index in [-0.39, 0.29) is 5.69 Å². The molecule has 6 heteroatoms. The topological polar surface area (TPSA) is 17.8 Å². The minimum absolute atomic E-state index is 0.0656. The van der Waals surface area contributed by atoms with Crippen molar-refractivity contribution in [3.63, 3.8) is 0 Å². The number of hydrogen-bond acceptors (Lipinski definition) is 1. The molecule has 0 atom stereocenters. The Kier molecular flexibility index (Phi) is 3.93. The van der Waals surface area contributed by atoms with Gasteiger partial charge >= 0.3 is 0 Å². The van der Waals surface area contributed by atoms with Gasteiger partial charge in [-0.15, -0.1) is 0 Å². The van der Waals surface area contributed by atoms with E-state index in [1.54, 1.807) is 24.3 Å². The summed E-state index contributed by atoms with van der Waals surface area (Å²) in [6, 6.07) is 7.06. The maximum absolute atomic E-state index is 13.0. The van der Waals surface area contributed by atoms with Crippen LogP contribution in [0.3, 0.4) is 0 Å². The van der Waals surface area contributed by atoms with Gasteiger partial charge in [-0.2, -0.15) is 5.10 Å². The molecule has 0 aliphatic carbocycles. The summed E-state index contributed by atoms with van der Waals surface area (Å²) in [5.41, 5.74) is 1.06. The number of alkyl halides is 3. The van der Waals surface area contributed by atoms with Crippen molar-refractivity contribution in [2.45, 2.75) is 11.8 Å². The fraction of sp³-hybridized carbons (Fsp3) is 0.182.